The molecule has 0 aliphatic rings. The van der Waals surface area contributed by atoms with Crippen molar-refractivity contribution in [2.75, 3.05) is 32.5 Å². The number of nitrogens with one attached hydrogen (secondary N) is 1. The predicted octanol–water partition coefficient (Wildman–Crippen LogP) is 2.67. The minimum absolute atomic E-state index is 0.729. The van der Waals surface area contributed by atoms with Crippen molar-refractivity contribution in [3.8, 4) is 11.4 Å². The molecule has 24 heavy (non-hydrogen) atoms. The highest BCUT2D eigenvalue weighted by Crippen LogP contribution is 2.24. The van der Waals surface area contributed by atoms with Crippen molar-refractivity contribution in [1.29, 1.82) is 0 Å². The summed E-state index contributed by atoms with van der Waals surface area (Å²) in [6.07, 6.45) is 1.06. The van der Waals surface area contributed by atoms with Crippen molar-refractivity contribution in [2.45, 2.75) is 27.2 Å². The Bertz CT molecular complexity index is 848. The molecule has 3 heterocycles. The summed E-state index contributed by atoms with van der Waals surface area (Å²) in [5.74, 6) is 1.76. The van der Waals surface area contributed by atoms with Crippen molar-refractivity contribution < 1.29 is 4.52 Å². The number of anilines is 1. The first kappa shape index (κ1) is 16.4. The summed E-state index contributed by atoms with van der Waals surface area (Å²) in [6, 6.07) is 3.82. The quantitative estimate of drug-likeness (QED) is 0.702. The summed E-state index contributed by atoms with van der Waals surface area (Å²) in [4.78, 5) is 6.82. The lowest BCUT2D eigenvalue weighted by molar-refractivity contribution is 0.399. The fourth-order valence-corrected chi connectivity index (χ4v) is 2.62. The topological polar surface area (TPSA) is 71.5 Å². The molecule has 0 unspecified atom stereocenters. The Kier molecular flexibility index (Phi) is 4.53. The van der Waals surface area contributed by atoms with Crippen LogP contribution in [-0.2, 0) is 0 Å². The molecule has 7 nitrogen and oxygen atoms in total. The van der Waals surface area contributed by atoms with E-state index in [1.807, 2.05) is 30.5 Å². The van der Waals surface area contributed by atoms with Crippen LogP contribution in [0.4, 0.5) is 5.82 Å². The monoisotopic (exact) mass is 328 g/mol. The highest BCUT2D eigenvalue weighted by atomic mass is 16.5. The molecule has 0 spiro atoms. The van der Waals surface area contributed by atoms with Gasteiger partial charge in [-0.05, 0) is 47.8 Å². The zero-order valence-electron chi connectivity index (χ0n) is 14.9. The van der Waals surface area contributed by atoms with E-state index in [1.165, 1.54) is 0 Å². The van der Waals surface area contributed by atoms with E-state index in [4.69, 9.17) is 4.52 Å². The second-order valence-electron chi connectivity index (χ2n) is 6.38. The Balaban J connectivity index is 1.94. The number of hydrogen-bond donors (Lipinski definition) is 1. The van der Waals surface area contributed by atoms with Gasteiger partial charge in [0.05, 0.1) is 0 Å². The van der Waals surface area contributed by atoms with Crippen molar-refractivity contribution >= 4 is 11.5 Å². The summed E-state index contributed by atoms with van der Waals surface area (Å²) in [5, 5.41) is 12.2. The van der Waals surface area contributed by atoms with Crippen LogP contribution in [0.2, 0.25) is 0 Å². The lowest BCUT2D eigenvalue weighted by Crippen LogP contribution is -2.18. The summed E-state index contributed by atoms with van der Waals surface area (Å²) in [6.45, 7) is 7.89. The molecule has 0 saturated carbocycles. The Hall–Kier alpha value is -2.41. The van der Waals surface area contributed by atoms with Gasteiger partial charge in [-0.1, -0.05) is 5.16 Å². The third kappa shape index (κ3) is 3.26. The van der Waals surface area contributed by atoms with E-state index in [2.05, 4.69) is 46.5 Å². The Morgan fingerprint density at radius 3 is 2.62 bits per heavy atom. The van der Waals surface area contributed by atoms with Crippen LogP contribution in [0.5, 0.6) is 0 Å². The number of hydrogen-bond acceptors (Lipinski definition) is 6. The van der Waals surface area contributed by atoms with Crippen LogP contribution >= 0.6 is 0 Å². The first-order valence-electron chi connectivity index (χ1n) is 8.15. The van der Waals surface area contributed by atoms with E-state index in [-0.39, 0.29) is 0 Å². The van der Waals surface area contributed by atoms with E-state index in [9.17, 15) is 0 Å². The van der Waals surface area contributed by atoms with E-state index in [0.29, 0.717) is 0 Å². The van der Waals surface area contributed by atoms with Crippen LogP contribution < -0.4 is 5.32 Å². The molecule has 128 valence electrons. The maximum atomic E-state index is 5.15. The number of aromatic nitrogens is 4. The molecule has 1 N–H and O–H groups in total. The summed E-state index contributed by atoms with van der Waals surface area (Å²) in [5.41, 5.74) is 4.41. The van der Waals surface area contributed by atoms with Crippen LogP contribution in [0.3, 0.4) is 0 Å². The van der Waals surface area contributed by atoms with Gasteiger partial charge in [0.2, 0.25) is 0 Å². The maximum absolute atomic E-state index is 5.15. The lowest BCUT2D eigenvalue weighted by Gasteiger charge is -2.14. The summed E-state index contributed by atoms with van der Waals surface area (Å²) < 4.78 is 7.01. The van der Waals surface area contributed by atoms with Crippen molar-refractivity contribution in [1.82, 2.24) is 24.7 Å². The largest absolute Gasteiger partial charge is 0.370 e. The number of rotatable bonds is 6. The molecule has 0 bridgehead atoms. The average Bonchev–Trinajstić information content (AvgIpc) is 3.12. The van der Waals surface area contributed by atoms with E-state index < -0.39 is 0 Å². The van der Waals surface area contributed by atoms with Gasteiger partial charge >= 0.3 is 0 Å². The minimum atomic E-state index is 0.729. The second-order valence-corrected chi connectivity index (χ2v) is 6.38. The first-order valence-corrected chi connectivity index (χ1v) is 8.15. The van der Waals surface area contributed by atoms with Gasteiger partial charge in [-0.3, -0.25) is 0 Å². The highest BCUT2D eigenvalue weighted by molar-refractivity contribution is 5.64. The third-order valence-electron chi connectivity index (χ3n) is 4.05. The molecular formula is C17H24N6O. The van der Waals surface area contributed by atoms with Crippen LogP contribution in [0, 0.1) is 20.8 Å². The van der Waals surface area contributed by atoms with Gasteiger partial charge in [-0.15, -0.1) is 0 Å². The zero-order valence-corrected chi connectivity index (χ0v) is 14.9. The number of aryl methyl sites for hydroxylation is 2. The van der Waals surface area contributed by atoms with Crippen LogP contribution in [0.25, 0.3) is 17.0 Å². The zero-order chi connectivity index (χ0) is 17.3. The predicted molar refractivity (Wildman–Crippen MR) is 94.4 cm³/mol. The van der Waals surface area contributed by atoms with Gasteiger partial charge in [-0.25, -0.2) is 4.98 Å². The average molecular weight is 328 g/mol. The third-order valence-corrected chi connectivity index (χ3v) is 4.05. The summed E-state index contributed by atoms with van der Waals surface area (Å²) in [7, 11) is 4.17. The van der Waals surface area contributed by atoms with Crippen LogP contribution in [0.1, 0.15) is 23.4 Å². The van der Waals surface area contributed by atoms with E-state index >= 15 is 0 Å². The van der Waals surface area contributed by atoms with Gasteiger partial charge < -0.3 is 14.7 Å². The van der Waals surface area contributed by atoms with E-state index in [0.717, 1.165) is 59.4 Å². The molecular weight excluding hydrogens is 304 g/mol. The molecule has 0 atom stereocenters. The molecule has 0 aromatic carbocycles. The van der Waals surface area contributed by atoms with Crippen molar-refractivity contribution in [2.24, 2.45) is 0 Å². The summed E-state index contributed by atoms with van der Waals surface area (Å²) >= 11 is 0. The van der Waals surface area contributed by atoms with Gasteiger partial charge in [0.1, 0.15) is 23.0 Å². The van der Waals surface area contributed by atoms with Gasteiger partial charge in [0, 0.05) is 29.9 Å². The van der Waals surface area contributed by atoms with Gasteiger partial charge in [0.25, 0.3) is 0 Å². The Morgan fingerprint density at radius 2 is 1.96 bits per heavy atom. The normalized spacial score (nSPS) is 11.6. The van der Waals surface area contributed by atoms with E-state index in [1.54, 1.807) is 0 Å². The SMILES string of the molecule is Cc1cc(-c2cc3nc(C)c(C)c(NCCCN(C)C)n3n2)no1. The molecule has 7 heteroatoms. The van der Waals surface area contributed by atoms with Crippen molar-refractivity contribution in [3.63, 3.8) is 0 Å². The maximum Gasteiger partial charge on any atom is 0.158 e. The Labute approximate surface area is 141 Å². The van der Waals surface area contributed by atoms with Crippen LogP contribution in [0.15, 0.2) is 16.7 Å². The number of fused-ring (bicyclic) bond motifs is 1. The molecule has 0 aliphatic heterocycles. The lowest BCUT2D eigenvalue weighted by atomic mass is 10.2. The molecule has 3 rings (SSSR count). The van der Waals surface area contributed by atoms with Gasteiger partial charge in [0.15, 0.2) is 5.65 Å². The van der Waals surface area contributed by atoms with Gasteiger partial charge in [-0.2, -0.15) is 9.61 Å². The molecule has 0 aliphatic carbocycles. The minimum Gasteiger partial charge on any atom is -0.370 e. The highest BCUT2D eigenvalue weighted by Gasteiger charge is 2.15. The molecule has 0 saturated heterocycles. The molecule has 0 fully saturated rings. The van der Waals surface area contributed by atoms with Crippen molar-refractivity contribution in [3.05, 3.63) is 29.2 Å². The fraction of sp³-hybridized carbons (Fsp3) is 0.471. The second kappa shape index (κ2) is 6.60. The molecule has 3 aromatic rings. The van der Waals surface area contributed by atoms with Crippen LogP contribution in [-0.4, -0.2) is 51.8 Å². The molecule has 0 radical (unpaired) electrons. The standard InChI is InChI=1S/C17H24N6O/c1-11-9-15(21-24-11)14-10-16-19-13(3)12(2)17(23(16)20-14)18-7-6-8-22(4)5/h9-10,18H,6-8H2,1-5H3. The molecule has 0 amide bonds. The smallest absolute Gasteiger partial charge is 0.158 e. The number of nitrogens with zero attached hydrogens (tertiary/aromatic N) is 5. The fourth-order valence-electron chi connectivity index (χ4n) is 2.62. The first-order chi connectivity index (χ1) is 11.5. The molecule has 3 aromatic heterocycles. The Morgan fingerprint density at radius 1 is 1.17 bits per heavy atom.